The third-order valence-electron chi connectivity index (χ3n) is 5.47. The highest BCUT2D eigenvalue weighted by Crippen LogP contribution is 2.35. The fourth-order valence-electron chi connectivity index (χ4n) is 3.96. The van der Waals surface area contributed by atoms with E-state index in [-0.39, 0.29) is 17.5 Å². The maximum Gasteiger partial charge on any atom is 0.278 e. The molecule has 1 N–H and O–H groups in total. The standard InChI is InChI=1S/C23H25N3O3/c1-3-26-22(27)20(18-8-4-5-9-19(18)29-2)21(23(26)28)24-16-10-12-17(13-11-16)25-14-6-7-15-25/h4-5,8-13,24H,3,6-7,14-15H2,1-2H3. The Morgan fingerprint density at radius 3 is 2.31 bits per heavy atom. The lowest BCUT2D eigenvalue weighted by Crippen LogP contribution is -2.32. The fraction of sp³-hybridized carbons (Fsp3) is 0.304. The number of imide groups is 1. The Morgan fingerprint density at radius 1 is 0.966 bits per heavy atom. The number of rotatable bonds is 6. The van der Waals surface area contributed by atoms with Crippen LogP contribution in [0.25, 0.3) is 5.57 Å². The smallest absolute Gasteiger partial charge is 0.278 e. The summed E-state index contributed by atoms with van der Waals surface area (Å²) < 4.78 is 5.43. The molecule has 2 aliphatic heterocycles. The predicted octanol–water partition coefficient (Wildman–Crippen LogP) is 3.51. The Balaban J connectivity index is 1.70. The minimum atomic E-state index is -0.318. The minimum absolute atomic E-state index is 0.287. The summed E-state index contributed by atoms with van der Waals surface area (Å²) in [5.74, 6) is -0.0644. The molecule has 0 radical (unpaired) electrons. The molecule has 0 bridgehead atoms. The highest BCUT2D eigenvalue weighted by atomic mass is 16.5. The average molecular weight is 391 g/mol. The molecule has 2 amide bonds. The van der Waals surface area contributed by atoms with E-state index in [4.69, 9.17) is 4.74 Å². The van der Waals surface area contributed by atoms with Crippen molar-refractivity contribution in [2.75, 3.05) is 37.0 Å². The van der Waals surface area contributed by atoms with Gasteiger partial charge in [-0.1, -0.05) is 18.2 Å². The molecule has 0 unspecified atom stereocenters. The van der Waals surface area contributed by atoms with E-state index in [0.717, 1.165) is 18.8 Å². The van der Waals surface area contributed by atoms with Crippen molar-refractivity contribution in [2.45, 2.75) is 19.8 Å². The number of anilines is 2. The molecule has 1 fully saturated rings. The van der Waals surface area contributed by atoms with Crippen molar-refractivity contribution < 1.29 is 14.3 Å². The van der Waals surface area contributed by atoms with Crippen LogP contribution in [0.2, 0.25) is 0 Å². The first-order valence-corrected chi connectivity index (χ1v) is 10.00. The zero-order valence-electron chi connectivity index (χ0n) is 16.8. The predicted molar refractivity (Wildman–Crippen MR) is 114 cm³/mol. The van der Waals surface area contributed by atoms with Crippen LogP contribution in [0.5, 0.6) is 5.75 Å². The quantitative estimate of drug-likeness (QED) is 0.764. The molecule has 2 aromatic rings. The van der Waals surface area contributed by atoms with Gasteiger partial charge in [0.05, 0.1) is 12.7 Å². The van der Waals surface area contributed by atoms with Crippen LogP contribution in [0.4, 0.5) is 11.4 Å². The second kappa shape index (κ2) is 7.99. The zero-order valence-corrected chi connectivity index (χ0v) is 16.8. The molecule has 0 aromatic heterocycles. The highest BCUT2D eigenvalue weighted by Gasteiger charge is 2.39. The number of hydrogen-bond donors (Lipinski definition) is 1. The molecule has 1 saturated heterocycles. The largest absolute Gasteiger partial charge is 0.496 e. The van der Waals surface area contributed by atoms with Gasteiger partial charge in [0.25, 0.3) is 11.8 Å². The number of para-hydroxylation sites is 1. The first kappa shape index (κ1) is 19.1. The second-order valence-corrected chi connectivity index (χ2v) is 7.17. The number of nitrogens with one attached hydrogen (secondary N) is 1. The summed E-state index contributed by atoms with van der Waals surface area (Å²) in [7, 11) is 1.56. The Kier molecular flexibility index (Phi) is 5.25. The fourth-order valence-corrected chi connectivity index (χ4v) is 3.96. The van der Waals surface area contributed by atoms with Gasteiger partial charge in [0.2, 0.25) is 0 Å². The lowest BCUT2D eigenvalue weighted by molar-refractivity contribution is -0.136. The summed E-state index contributed by atoms with van der Waals surface area (Å²) in [5, 5.41) is 3.20. The Hall–Kier alpha value is -3.28. The third-order valence-corrected chi connectivity index (χ3v) is 5.47. The van der Waals surface area contributed by atoms with E-state index in [0.29, 0.717) is 23.4 Å². The molecule has 2 heterocycles. The van der Waals surface area contributed by atoms with Gasteiger partial charge in [0, 0.05) is 36.6 Å². The van der Waals surface area contributed by atoms with Crippen molar-refractivity contribution in [1.29, 1.82) is 0 Å². The zero-order chi connectivity index (χ0) is 20.4. The van der Waals surface area contributed by atoms with Crippen LogP contribution in [0.3, 0.4) is 0 Å². The van der Waals surface area contributed by atoms with Crippen LogP contribution in [-0.2, 0) is 9.59 Å². The summed E-state index contributed by atoms with van der Waals surface area (Å²) >= 11 is 0. The molecule has 2 aliphatic rings. The monoisotopic (exact) mass is 391 g/mol. The van der Waals surface area contributed by atoms with Crippen LogP contribution < -0.4 is 15.0 Å². The number of likely N-dealkylation sites (N-methyl/N-ethyl adjacent to an activating group) is 1. The molecule has 29 heavy (non-hydrogen) atoms. The number of amides is 2. The topological polar surface area (TPSA) is 61.9 Å². The molecule has 0 aliphatic carbocycles. The van der Waals surface area contributed by atoms with Gasteiger partial charge >= 0.3 is 0 Å². The Morgan fingerprint density at radius 2 is 1.66 bits per heavy atom. The number of benzene rings is 2. The number of hydrogen-bond acceptors (Lipinski definition) is 5. The number of carbonyl (C=O) groups excluding carboxylic acids is 2. The molecule has 4 rings (SSSR count). The van der Waals surface area contributed by atoms with E-state index in [1.54, 1.807) is 26.2 Å². The minimum Gasteiger partial charge on any atom is -0.496 e. The van der Waals surface area contributed by atoms with E-state index in [1.165, 1.54) is 23.4 Å². The molecule has 0 atom stereocenters. The number of ether oxygens (including phenoxy) is 1. The van der Waals surface area contributed by atoms with Crippen molar-refractivity contribution >= 4 is 28.8 Å². The van der Waals surface area contributed by atoms with Crippen LogP contribution in [-0.4, -0.2) is 43.5 Å². The van der Waals surface area contributed by atoms with Gasteiger partial charge in [0.1, 0.15) is 11.4 Å². The molecule has 6 heteroatoms. The number of carbonyl (C=O) groups is 2. The maximum atomic E-state index is 13.0. The van der Waals surface area contributed by atoms with Crippen molar-refractivity contribution in [3.8, 4) is 5.75 Å². The van der Waals surface area contributed by atoms with Crippen LogP contribution in [0.1, 0.15) is 25.3 Å². The van der Waals surface area contributed by atoms with Gasteiger partial charge in [-0.2, -0.15) is 0 Å². The van der Waals surface area contributed by atoms with E-state index >= 15 is 0 Å². The van der Waals surface area contributed by atoms with Gasteiger partial charge in [-0.15, -0.1) is 0 Å². The van der Waals surface area contributed by atoms with Crippen molar-refractivity contribution in [3.05, 3.63) is 59.8 Å². The summed E-state index contributed by atoms with van der Waals surface area (Å²) in [4.78, 5) is 29.5. The first-order chi connectivity index (χ1) is 14.1. The van der Waals surface area contributed by atoms with Crippen LogP contribution in [0, 0.1) is 0 Å². The summed E-state index contributed by atoms with van der Waals surface area (Å²) in [6.45, 7) is 4.27. The number of nitrogens with zero attached hydrogens (tertiary/aromatic N) is 2. The molecular weight excluding hydrogens is 366 g/mol. The lowest BCUT2D eigenvalue weighted by Gasteiger charge is -2.18. The molecule has 150 valence electrons. The third kappa shape index (κ3) is 3.46. The van der Waals surface area contributed by atoms with E-state index < -0.39 is 0 Å². The first-order valence-electron chi connectivity index (χ1n) is 10.00. The highest BCUT2D eigenvalue weighted by molar-refractivity contribution is 6.37. The van der Waals surface area contributed by atoms with Gasteiger partial charge < -0.3 is 15.0 Å². The van der Waals surface area contributed by atoms with Gasteiger partial charge in [0.15, 0.2) is 0 Å². The summed E-state index contributed by atoms with van der Waals surface area (Å²) in [5.41, 5.74) is 3.19. The van der Waals surface area contributed by atoms with E-state index in [9.17, 15) is 9.59 Å². The molecule has 0 saturated carbocycles. The normalized spacial score (nSPS) is 16.8. The van der Waals surface area contributed by atoms with Crippen molar-refractivity contribution in [2.24, 2.45) is 0 Å². The van der Waals surface area contributed by atoms with Crippen molar-refractivity contribution in [3.63, 3.8) is 0 Å². The van der Waals surface area contributed by atoms with E-state index in [2.05, 4.69) is 22.3 Å². The molecule has 6 nitrogen and oxygen atoms in total. The van der Waals surface area contributed by atoms with Gasteiger partial charge in [-0.25, -0.2) is 0 Å². The van der Waals surface area contributed by atoms with Crippen molar-refractivity contribution in [1.82, 2.24) is 4.90 Å². The number of methoxy groups -OCH3 is 1. The summed E-state index contributed by atoms with van der Waals surface area (Å²) in [6.07, 6.45) is 2.44. The molecule has 2 aromatic carbocycles. The van der Waals surface area contributed by atoms with Crippen LogP contribution >= 0.6 is 0 Å². The summed E-state index contributed by atoms with van der Waals surface area (Å²) in [6, 6.07) is 15.3. The molecular formula is C23H25N3O3. The van der Waals surface area contributed by atoms with Gasteiger partial charge in [-0.3, -0.25) is 14.5 Å². The molecule has 0 spiro atoms. The SMILES string of the molecule is CCN1C(=O)C(Nc2ccc(N3CCCC3)cc2)=C(c2ccccc2OC)C1=O. The maximum absolute atomic E-state index is 13.0. The Labute approximate surface area is 170 Å². The van der Waals surface area contributed by atoms with Gasteiger partial charge in [-0.05, 0) is 50.1 Å². The Bertz CT molecular complexity index is 960. The average Bonchev–Trinajstić information content (AvgIpc) is 3.36. The lowest BCUT2D eigenvalue weighted by atomic mass is 10.0. The van der Waals surface area contributed by atoms with E-state index in [1.807, 2.05) is 24.3 Å². The van der Waals surface area contributed by atoms with Crippen LogP contribution in [0.15, 0.2) is 54.2 Å². The second-order valence-electron chi connectivity index (χ2n) is 7.17.